The molecule has 190 valence electrons. The molecule has 0 aliphatic heterocycles. The Morgan fingerprint density at radius 3 is 2.62 bits per heavy atom. The van der Waals surface area contributed by atoms with Gasteiger partial charge in [-0.3, -0.25) is 0 Å². The smallest absolute Gasteiger partial charge is 0.268 e. The van der Waals surface area contributed by atoms with Crippen LogP contribution in [0.25, 0.3) is 27.1 Å². The molecule has 1 aliphatic rings. The van der Waals surface area contributed by atoms with Gasteiger partial charge in [-0.2, -0.15) is 0 Å². The minimum atomic E-state index is -4.22. The van der Waals surface area contributed by atoms with Crippen molar-refractivity contribution in [2.24, 2.45) is 5.73 Å². The van der Waals surface area contributed by atoms with Crippen LogP contribution in [0, 0.1) is 25.1 Å². The summed E-state index contributed by atoms with van der Waals surface area (Å²) in [5.74, 6) is -1.62. The summed E-state index contributed by atoms with van der Waals surface area (Å²) in [4.78, 5) is 11.7. The van der Waals surface area contributed by atoms with Crippen LogP contribution < -0.4 is 11.1 Å². The highest BCUT2D eigenvalue weighted by atomic mass is 32.2. The number of hydrogen-bond acceptors (Lipinski definition) is 6. The molecule has 8 nitrogen and oxygen atoms in total. The quantitative estimate of drug-likeness (QED) is 0.351. The van der Waals surface area contributed by atoms with Crippen molar-refractivity contribution in [3.05, 3.63) is 77.4 Å². The molecular formula is C26H24F2N6O2S. The maximum Gasteiger partial charge on any atom is 0.268 e. The van der Waals surface area contributed by atoms with Crippen LogP contribution in [0.1, 0.15) is 31.2 Å². The summed E-state index contributed by atoms with van der Waals surface area (Å²) in [7, 11) is -4.22. The van der Waals surface area contributed by atoms with E-state index in [0.717, 1.165) is 41.1 Å². The van der Waals surface area contributed by atoms with Crippen molar-refractivity contribution in [2.45, 2.75) is 49.6 Å². The molecule has 2 aromatic carbocycles. The molecule has 0 spiro atoms. The number of aromatic nitrogens is 3. The lowest BCUT2D eigenvalue weighted by atomic mass is 9.92. The number of halogens is 2. The van der Waals surface area contributed by atoms with Crippen molar-refractivity contribution in [1.29, 1.82) is 0 Å². The molecule has 37 heavy (non-hydrogen) atoms. The van der Waals surface area contributed by atoms with Crippen LogP contribution in [0.2, 0.25) is 0 Å². The van der Waals surface area contributed by atoms with Gasteiger partial charge in [-0.25, -0.2) is 36.0 Å². The molecule has 2 heterocycles. The summed E-state index contributed by atoms with van der Waals surface area (Å²) in [6, 6.07) is 8.45. The molecule has 0 saturated heterocycles. The molecule has 1 aliphatic carbocycles. The second-order valence-electron chi connectivity index (χ2n) is 9.25. The number of nitrogens with zero attached hydrogens (tertiary/aromatic N) is 4. The highest BCUT2D eigenvalue weighted by Gasteiger charge is 2.27. The molecule has 3 N–H and O–H groups in total. The van der Waals surface area contributed by atoms with Crippen molar-refractivity contribution in [1.82, 2.24) is 13.9 Å². The lowest BCUT2D eigenvalue weighted by Gasteiger charge is -2.27. The standard InChI is InChI=1S/C26H24F2N6O2S/c1-15-6-8-19(9-7-15)37(35,36)34-14-21(20-11-18(30-2)12-22(27)24(20)34)25-31-13-23(28)26(33-25)32-17-5-3-4-16(29)10-17/h6-9,11-14,16-17H,3-5,10,29H2,1H3,(H,31,32,33)/t16-,17+/m0/s1. The molecule has 0 amide bonds. The highest BCUT2D eigenvalue weighted by Crippen LogP contribution is 2.36. The Hall–Kier alpha value is -3.88. The van der Waals surface area contributed by atoms with E-state index in [9.17, 15) is 12.8 Å². The summed E-state index contributed by atoms with van der Waals surface area (Å²) in [6.07, 6.45) is 5.47. The van der Waals surface area contributed by atoms with Gasteiger partial charge in [0.15, 0.2) is 23.1 Å². The Bertz CT molecular complexity index is 1640. The molecular weight excluding hydrogens is 498 g/mol. The number of nitrogens with one attached hydrogen (secondary N) is 1. The van der Waals surface area contributed by atoms with Crippen LogP contribution in [0.15, 0.2) is 53.7 Å². The molecule has 4 aromatic rings. The fraction of sp³-hybridized carbons (Fsp3) is 0.269. The Kier molecular flexibility index (Phi) is 6.39. The zero-order chi connectivity index (χ0) is 26.3. The predicted octanol–water partition coefficient (Wildman–Crippen LogP) is 5.15. The SMILES string of the molecule is [C-]#[N+]c1cc(F)c2c(c1)c(-c1ncc(F)c(N[C@@H]3CCC[C@H](N)C3)n1)cn2S(=O)(=O)c1ccc(C)cc1. The van der Waals surface area contributed by atoms with Gasteiger partial charge in [0.1, 0.15) is 5.82 Å². The van der Waals surface area contributed by atoms with Crippen LogP contribution in [0.5, 0.6) is 0 Å². The van der Waals surface area contributed by atoms with E-state index in [1.807, 2.05) is 6.92 Å². The zero-order valence-corrected chi connectivity index (χ0v) is 20.8. The van der Waals surface area contributed by atoms with E-state index in [2.05, 4.69) is 20.1 Å². The number of nitrogens with two attached hydrogens (primary N) is 1. The third kappa shape index (κ3) is 4.65. The average molecular weight is 523 g/mol. The van der Waals surface area contributed by atoms with Crippen molar-refractivity contribution in [2.75, 3.05) is 5.32 Å². The van der Waals surface area contributed by atoms with E-state index in [1.165, 1.54) is 24.4 Å². The summed E-state index contributed by atoms with van der Waals surface area (Å²) in [6.45, 7) is 9.15. The lowest BCUT2D eigenvalue weighted by Crippen LogP contribution is -2.35. The van der Waals surface area contributed by atoms with E-state index in [1.54, 1.807) is 12.1 Å². The fourth-order valence-corrected chi connectivity index (χ4v) is 6.05. The first-order valence-electron chi connectivity index (χ1n) is 11.8. The minimum absolute atomic E-state index is 0.00612. The van der Waals surface area contributed by atoms with E-state index in [0.29, 0.717) is 6.42 Å². The molecule has 1 fully saturated rings. The van der Waals surface area contributed by atoms with Crippen LogP contribution >= 0.6 is 0 Å². The molecule has 2 atom stereocenters. The van der Waals surface area contributed by atoms with Gasteiger partial charge in [-0.15, -0.1) is 0 Å². The lowest BCUT2D eigenvalue weighted by molar-refractivity contribution is 0.407. The van der Waals surface area contributed by atoms with Gasteiger partial charge in [-0.1, -0.05) is 17.7 Å². The topological polar surface area (TPSA) is 107 Å². The molecule has 0 unspecified atom stereocenters. The van der Waals surface area contributed by atoms with E-state index in [4.69, 9.17) is 12.3 Å². The molecule has 1 saturated carbocycles. The molecule has 11 heteroatoms. The largest absolute Gasteiger partial charge is 0.365 e. The van der Waals surface area contributed by atoms with Crippen LogP contribution in [-0.2, 0) is 10.0 Å². The third-order valence-corrected chi connectivity index (χ3v) is 8.23. The average Bonchev–Trinajstić information content (AvgIpc) is 3.27. The van der Waals surface area contributed by atoms with Crippen LogP contribution in [0.4, 0.5) is 20.3 Å². The maximum absolute atomic E-state index is 15.3. The van der Waals surface area contributed by atoms with Crippen LogP contribution in [0.3, 0.4) is 0 Å². The minimum Gasteiger partial charge on any atom is -0.365 e. The monoisotopic (exact) mass is 522 g/mol. The summed E-state index contributed by atoms with van der Waals surface area (Å²) >= 11 is 0. The Labute approximate surface area is 213 Å². The van der Waals surface area contributed by atoms with E-state index < -0.39 is 21.7 Å². The number of benzene rings is 2. The van der Waals surface area contributed by atoms with E-state index in [-0.39, 0.29) is 50.8 Å². The second-order valence-corrected chi connectivity index (χ2v) is 11.1. The van der Waals surface area contributed by atoms with Crippen molar-refractivity contribution in [3.8, 4) is 11.4 Å². The summed E-state index contributed by atoms with van der Waals surface area (Å²) in [5, 5.41) is 3.21. The Balaban J connectivity index is 1.67. The molecule has 0 radical (unpaired) electrons. The molecule has 2 aromatic heterocycles. The fourth-order valence-electron chi connectivity index (χ4n) is 4.67. The molecule has 0 bridgehead atoms. The number of anilines is 1. The Morgan fingerprint density at radius 2 is 1.92 bits per heavy atom. The number of hydrogen-bond donors (Lipinski definition) is 2. The Morgan fingerprint density at radius 1 is 1.16 bits per heavy atom. The highest BCUT2D eigenvalue weighted by molar-refractivity contribution is 7.90. The van der Waals surface area contributed by atoms with Gasteiger partial charge >= 0.3 is 0 Å². The van der Waals surface area contributed by atoms with Gasteiger partial charge in [-0.05, 0) is 56.9 Å². The number of fused-ring (bicyclic) bond motifs is 1. The first-order chi connectivity index (χ1) is 17.7. The number of rotatable bonds is 5. The van der Waals surface area contributed by atoms with Crippen molar-refractivity contribution in [3.63, 3.8) is 0 Å². The van der Waals surface area contributed by atoms with Crippen molar-refractivity contribution >= 4 is 32.4 Å². The summed E-state index contributed by atoms with van der Waals surface area (Å²) < 4.78 is 57.8. The molecule has 5 rings (SSSR count). The first kappa shape index (κ1) is 24.8. The van der Waals surface area contributed by atoms with Gasteiger partial charge in [0, 0.05) is 29.2 Å². The van der Waals surface area contributed by atoms with Gasteiger partial charge in [0.2, 0.25) is 0 Å². The normalized spacial score (nSPS) is 18.0. The number of aryl methyl sites for hydroxylation is 1. The van der Waals surface area contributed by atoms with Crippen molar-refractivity contribution < 1.29 is 17.2 Å². The van der Waals surface area contributed by atoms with Gasteiger partial charge in [0.25, 0.3) is 10.0 Å². The zero-order valence-electron chi connectivity index (χ0n) is 19.9. The van der Waals surface area contributed by atoms with E-state index >= 15 is 4.39 Å². The van der Waals surface area contributed by atoms with Gasteiger partial charge < -0.3 is 11.1 Å². The van der Waals surface area contributed by atoms with Crippen LogP contribution in [-0.4, -0.2) is 34.4 Å². The third-order valence-electron chi connectivity index (χ3n) is 6.55. The van der Waals surface area contributed by atoms with Gasteiger partial charge in [0.05, 0.1) is 23.2 Å². The predicted molar refractivity (Wildman–Crippen MR) is 137 cm³/mol. The summed E-state index contributed by atoms with van der Waals surface area (Å²) in [5.41, 5.74) is 6.80. The second kappa shape index (κ2) is 9.53. The maximum atomic E-state index is 15.3. The first-order valence-corrected chi connectivity index (χ1v) is 13.2.